The van der Waals surface area contributed by atoms with E-state index in [9.17, 15) is 4.79 Å². The lowest BCUT2D eigenvalue weighted by atomic mass is 10.2. The molecule has 1 aromatic carbocycles. The molecule has 2 aromatic rings. The third-order valence-corrected chi connectivity index (χ3v) is 4.17. The monoisotopic (exact) mass is 342 g/mol. The van der Waals surface area contributed by atoms with Crippen LogP contribution in [0.4, 0.5) is 0 Å². The zero-order chi connectivity index (χ0) is 18.2. The number of benzene rings is 1. The summed E-state index contributed by atoms with van der Waals surface area (Å²) in [4.78, 5) is 23.8. The lowest BCUT2D eigenvalue weighted by molar-refractivity contribution is 0.0739. The highest BCUT2D eigenvalue weighted by molar-refractivity contribution is 5.94. The number of aromatic nitrogens is 1. The molecule has 0 atom stereocenters. The van der Waals surface area contributed by atoms with Gasteiger partial charge in [-0.25, -0.2) is 4.98 Å². The molecular formula is C20H30N4O. The summed E-state index contributed by atoms with van der Waals surface area (Å²) in [6.07, 6.45) is 1.93. The molecule has 1 amide bonds. The van der Waals surface area contributed by atoms with Crippen molar-refractivity contribution in [3.05, 3.63) is 42.1 Å². The van der Waals surface area contributed by atoms with E-state index in [-0.39, 0.29) is 5.91 Å². The summed E-state index contributed by atoms with van der Waals surface area (Å²) < 4.78 is 0. The van der Waals surface area contributed by atoms with Crippen LogP contribution in [0.15, 0.2) is 36.4 Å². The predicted octanol–water partition coefficient (Wildman–Crippen LogP) is 2.58. The molecule has 5 heteroatoms. The van der Waals surface area contributed by atoms with Gasteiger partial charge in [0, 0.05) is 18.5 Å². The average molecular weight is 342 g/mol. The molecule has 0 saturated carbocycles. The van der Waals surface area contributed by atoms with Crippen molar-refractivity contribution in [3.8, 4) is 0 Å². The Labute approximate surface area is 151 Å². The second kappa shape index (κ2) is 9.49. The Balaban J connectivity index is 2.10. The highest BCUT2D eigenvalue weighted by Gasteiger charge is 2.17. The molecule has 25 heavy (non-hydrogen) atoms. The number of pyridine rings is 1. The summed E-state index contributed by atoms with van der Waals surface area (Å²) >= 11 is 0. The molecule has 1 heterocycles. The van der Waals surface area contributed by atoms with Crippen LogP contribution in [0.5, 0.6) is 0 Å². The number of nitrogens with zero attached hydrogens (tertiary/aromatic N) is 4. The van der Waals surface area contributed by atoms with Crippen LogP contribution >= 0.6 is 0 Å². The van der Waals surface area contributed by atoms with E-state index in [1.807, 2.05) is 41.3 Å². The topological polar surface area (TPSA) is 39.7 Å². The Kier molecular flexibility index (Phi) is 7.34. The molecule has 0 N–H and O–H groups in total. The Morgan fingerprint density at radius 1 is 0.840 bits per heavy atom. The van der Waals surface area contributed by atoms with Gasteiger partial charge < -0.3 is 14.7 Å². The first-order chi connectivity index (χ1) is 12.0. The number of carbonyl (C=O) groups is 1. The SMILES string of the molecule is CN(C)CCCN(CCCN(C)C)C(=O)c1ccc2ccccc2n1. The lowest BCUT2D eigenvalue weighted by Crippen LogP contribution is -2.36. The Bertz CT molecular complexity index is 670. The molecule has 0 fully saturated rings. The zero-order valence-electron chi connectivity index (χ0n) is 15.9. The van der Waals surface area contributed by atoms with E-state index in [1.54, 1.807) is 0 Å². The van der Waals surface area contributed by atoms with Gasteiger partial charge in [0.05, 0.1) is 5.52 Å². The Morgan fingerprint density at radius 2 is 1.44 bits per heavy atom. The van der Waals surface area contributed by atoms with Gasteiger partial charge in [-0.15, -0.1) is 0 Å². The van der Waals surface area contributed by atoms with Crippen LogP contribution < -0.4 is 0 Å². The van der Waals surface area contributed by atoms with E-state index in [0.29, 0.717) is 5.69 Å². The molecule has 0 aliphatic rings. The van der Waals surface area contributed by atoms with Crippen molar-refractivity contribution in [2.45, 2.75) is 12.8 Å². The number of hydrogen-bond donors (Lipinski definition) is 0. The van der Waals surface area contributed by atoms with Crippen LogP contribution in [-0.4, -0.2) is 80.0 Å². The molecule has 0 unspecified atom stereocenters. The molecule has 0 aliphatic carbocycles. The number of para-hydroxylation sites is 1. The number of hydrogen-bond acceptors (Lipinski definition) is 4. The summed E-state index contributed by atoms with van der Waals surface area (Å²) in [5.41, 5.74) is 1.41. The molecule has 136 valence electrons. The first-order valence-electron chi connectivity index (χ1n) is 8.92. The van der Waals surface area contributed by atoms with Gasteiger partial charge in [0.1, 0.15) is 5.69 Å². The van der Waals surface area contributed by atoms with Gasteiger partial charge in [0.2, 0.25) is 0 Å². The lowest BCUT2D eigenvalue weighted by Gasteiger charge is -2.24. The molecule has 2 rings (SSSR count). The van der Waals surface area contributed by atoms with Crippen LogP contribution in [0, 0.1) is 0 Å². The van der Waals surface area contributed by atoms with Crippen LogP contribution in [0.2, 0.25) is 0 Å². The van der Waals surface area contributed by atoms with Crippen LogP contribution in [0.25, 0.3) is 10.9 Å². The number of fused-ring (bicyclic) bond motifs is 1. The molecule has 0 aliphatic heterocycles. The predicted molar refractivity (Wildman–Crippen MR) is 104 cm³/mol. The average Bonchev–Trinajstić information content (AvgIpc) is 2.59. The van der Waals surface area contributed by atoms with Crippen molar-refractivity contribution in [2.24, 2.45) is 0 Å². The van der Waals surface area contributed by atoms with Gasteiger partial charge in [0.25, 0.3) is 5.91 Å². The highest BCUT2D eigenvalue weighted by Crippen LogP contribution is 2.13. The van der Waals surface area contributed by atoms with E-state index in [2.05, 4.69) is 43.0 Å². The minimum atomic E-state index is 0.0308. The Morgan fingerprint density at radius 3 is 2.04 bits per heavy atom. The molecule has 0 bridgehead atoms. The van der Waals surface area contributed by atoms with Gasteiger partial charge in [-0.05, 0) is 66.3 Å². The fourth-order valence-corrected chi connectivity index (χ4v) is 2.82. The normalized spacial score (nSPS) is 11.4. The van der Waals surface area contributed by atoms with Gasteiger partial charge in [-0.3, -0.25) is 4.79 Å². The second-order valence-corrected chi connectivity index (χ2v) is 7.00. The maximum absolute atomic E-state index is 13.0. The quantitative estimate of drug-likeness (QED) is 0.702. The van der Waals surface area contributed by atoms with Crippen LogP contribution in [0.1, 0.15) is 23.3 Å². The van der Waals surface area contributed by atoms with Crippen LogP contribution in [0.3, 0.4) is 0 Å². The van der Waals surface area contributed by atoms with Gasteiger partial charge in [0.15, 0.2) is 0 Å². The Hall–Kier alpha value is -1.98. The summed E-state index contributed by atoms with van der Waals surface area (Å²) in [6, 6.07) is 11.7. The molecular weight excluding hydrogens is 312 g/mol. The fraction of sp³-hybridized carbons (Fsp3) is 0.500. The maximum Gasteiger partial charge on any atom is 0.272 e. The third-order valence-electron chi connectivity index (χ3n) is 4.17. The van der Waals surface area contributed by atoms with Gasteiger partial charge >= 0.3 is 0 Å². The summed E-state index contributed by atoms with van der Waals surface area (Å²) in [6.45, 7) is 3.48. The van der Waals surface area contributed by atoms with E-state index in [4.69, 9.17) is 0 Å². The first kappa shape index (κ1) is 19.3. The summed E-state index contributed by atoms with van der Waals surface area (Å²) in [5, 5.41) is 1.06. The first-order valence-corrected chi connectivity index (χ1v) is 8.92. The highest BCUT2D eigenvalue weighted by atomic mass is 16.2. The summed E-state index contributed by atoms with van der Waals surface area (Å²) in [7, 11) is 8.23. The number of amides is 1. The van der Waals surface area contributed by atoms with Crippen molar-refractivity contribution < 1.29 is 4.79 Å². The van der Waals surface area contributed by atoms with Crippen molar-refractivity contribution in [1.82, 2.24) is 19.7 Å². The standard InChI is InChI=1S/C20H30N4O/c1-22(2)13-7-15-24(16-8-14-23(3)4)20(25)19-12-11-17-9-5-6-10-18(17)21-19/h5-6,9-12H,7-8,13-16H2,1-4H3. The van der Waals surface area contributed by atoms with Crippen molar-refractivity contribution >= 4 is 16.8 Å². The molecule has 1 aromatic heterocycles. The molecule has 0 saturated heterocycles. The van der Waals surface area contributed by atoms with Crippen molar-refractivity contribution in [1.29, 1.82) is 0 Å². The number of rotatable bonds is 9. The second-order valence-electron chi connectivity index (χ2n) is 7.00. The number of carbonyl (C=O) groups excluding carboxylic acids is 1. The maximum atomic E-state index is 13.0. The summed E-state index contributed by atoms with van der Waals surface area (Å²) in [5.74, 6) is 0.0308. The minimum Gasteiger partial charge on any atom is -0.337 e. The van der Waals surface area contributed by atoms with Gasteiger partial charge in [-0.2, -0.15) is 0 Å². The van der Waals surface area contributed by atoms with E-state index in [0.717, 1.165) is 49.9 Å². The van der Waals surface area contributed by atoms with Crippen molar-refractivity contribution in [3.63, 3.8) is 0 Å². The van der Waals surface area contributed by atoms with Gasteiger partial charge in [-0.1, -0.05) is 24.3 Å². The van der Waals surface area contributed by atoms with Crippen LogP contribution in [-0.2, 0) is 0 Å². The minimum absolute atomic E-state index is 0.0308. The zero-order valence-corrected chi connectivity index (χ0v) is 15.9. The molecule has 0 radical (unpaired) electrons. The van der Waals surface area contributed by atoms with Crippen molar-refractivity contribution in [2.75, 3.05) is 54.4 Å². The molecule has 0 spiro atoms. The van der Waals surface area contributed by atoms with E-state index < -0.39 is 0 Å². The fourth-order valence-electron chi connectivity index (χ4n) is 2.82. The van der Waals surface area contributed by atoms with E-state index >= 15 is 0 Å². The largest absolute Gasteiger partial charge is 0.337 e. The van der Waals surface area contributed by atoms with E-state index in [1.165, 1.54) is 0 Å². The smallest absolute Gasteiger partial charge is 0.272 e. The third kappa shape index (κ3) is 6.11. The molecule has 5 nitrogen and oxygen atoms in total.